The van der Waals surface area contributed by atoms with E-state index in [1.165, 1.54) is 5.57 Å². The van der Waals surface area contributed by atoms with Crippen molar-refractivity contribution >= 4 is 5.97 Å². The average molecular weight is 282 g/mol. The zero-order chi connectivity index (χ0) is 15.3. The Morgan fingerprint density at radius 2 is 1.90 bits per heavy atom. The topological polar surface area (TPSA) is 35.5 Å². The van der Waals surface area contributed by atoms with Crippen LogP contribution in [0.25, 0.3) is 0 Å². The number of esters is 1. The highest BCUT2D eigenvalue weighted by Gasteiger charge is 2.33. The van der Waals surface area contributed by atoms with Gasteiger partial charge in [-0.3, -0.25) is 4.79 Å². The highest BCUT2D eigenvalue weighted by molar-refractivity contribution is 5.74. The Morgan fingerprint density at radius 3 is 2.35 bits per heavy atom. The quantitative estimate of drug-likeness (QED) is 0.496. The van der Waals surface area contributed by atoms with Crippen LogP contribution in [0.5, 0.6) is 0 Å². The van der Waals surface area contributed by atoms with Crippen LogP contribution in [0, 0.1) is 11.8 Å². The number of carbonyl (C=O) groups is 1. The van der Waals surface area contributed by atoms with Crippen LogP contribution in [0.2, 0.25) is 0 Å². The van der Waals surface area contributed by atoms with E-state index in [4.69, 9.17) is 9.47 Å². The summed E-state index contributed by atoms with van der Waals surface area (Å²) in [6.45, 7) is 12.8. The highest BCUT2D eigenvalue weighted by atomic mass is 16.6. The Balaban J connectivity index is 2.48. The maximum Gasteiger partial charge on any atom is 0.309 e. The van der Waals surface area contributed by atoms with E-state index in [1.54, 1.807) is 0 Å². The van der Waals surface area contributed by atoms with Gasteiger partial charge in [-0.15, -0.1) is 0 Å². The smallest absolute Gasteiger partial charge is 0.309 e. The van der Waals surface area contributed by atoms with Gasteiger partial charge in [0.25, 0.3) is 0 Å². The summed E-state index contributed by atoms with van der Waals surface area (Å²) in [7, 11) is 0. The molecule has 0 amide bonds. The van der Waals surface area contributed by atoms with Gasteiger partial charge >= 0.3 is 5.97 Å². The molecule has 3 nitrogen and oxygen atoms in total. The van der Waals surface area contributed by atoms with Crippen molar-refractivity contribution in [2.75, 3.05) is 6.61 Å². The lowest BCUT2D eigenvalue weighted by molar-refractivity contribution is -0.157. The standard InChI is InChI=1S/C17H30O3/c1-7-14(10-12(2)3)13(4)20-17(5,6)11-19-16(18)15-8-9-15/h10,12-13,15H,7-9,11H2,1-6H3. The molecule has 1 saturated carbocycles. The summed E-state index contributed by atoms with van der Waals surface area (Å²) in [6, 6.07) is 0. The first kappa shape index (κ1) is 17.2. The summed E-state index contributed by atoms with van der Waals surface area (Å²) < 4.78 is 11.4. The molecule has 1 aliphatic rings. The van der Waals surface area contributed by atoms with Crippen LogP contribution in [0.4, 0.5) is 0 Å². The first-order valence-electron chi connectivity index (χ1n) is 7.80. The SMILES string of the molecule is CCC(=CC(C)C)C(C)OC(C)(C)COC(=O)C1CC1. The van der Waals surface area contributed by atoms with Crippen molar-refractivity contribution in [3.63, 3.8) is 0 Å². The minimum Gasteiger partial charge on any atom is -0.462 e. The molecule has 0 aromatic rings. The van der Waals surface area contributed by atoms with Gasteiger partial charge in [-0.25, -0.2) is 0 Å². The van der Waals surface area contributed by atoms with E-state index in [9.17, 15) is 4.79 Å². The Hall–Kier alpha value is -0.830. The molecular formula is C17H30O3. The molecule has 0 aliphatic heterocycles. The number of rotatable bonds is 8. The summed E-state index contributed by atoms with van der Waals surface area (Å²) in [5.41, 5.74) is 0.858. The summed E-state index contributed by atoms with van der Waals surface area (Å²) in [5.74, 6) is 0.602. The number of hydrogen-bond donors (Lipinski definition) is 0. The van der Waals surface area contributed by atoms with Gasteiger partial charge in [-0.2, -0.15) is 0 Å². The molecular weight excluding hydrogens is 252 g/mol. The van der Waals surface area contributed by atoms with Crippen molar-refractivity contribution in [1.29, 1.82) is 0 Å². The Morgan fingerprint density at radius 1 is 1.30 bits per heavy atom. The van der Waals surface area contributed by atoms with Gasteiger partial charge in [0.2, 0.25) is 0 Å². The van der Waals surface area contributed by atoms with Gasteiger partial charge in [-0.05, 0) is 51.5 Å². The second-order valence-electron chi connectivity index (χ2n) is 6.74. The molecule has 1 rings (SSSR count). The summed E-state index contributed by atoms with van der Waals surface area (Å²) in [5, 5.41) is 0. The molecule has 116 valence electrons. The van der Waals surface area contributed by atoms with Gasteiger partial charge < -0.3 is 9.47 Å². The summed E-state index contributed by atoms with van der Waals surface area (Å²) in [6.07, 6.45) is 5.26. The van der Waals surface area contributed by atoms with Crippen LogP contribution < -0.4 is 0 Å². The fourth-order valence-corrected chi connectivity index (χ4v) is 2.24. The lowest BCUT2D eigenvalue weighted by Crippen LogP contribution is -2.36. The summed E-state index contributed by atoms with van der Waals surface area (Å²) in [4.78, 5) is 11.6. The maximum absolute atomic E-state index is 11.6. The number of allylic oxidation sites excluding steroid dienone is 1. The molecule has 20 heavy (non-hydrogen) atoms. The molecule has 1 fully saturated rings. The largest absolute Gasteiger partial charge is 0.462 e. The average Bonchev–Trinajstić information content (AvgIpc) is 3.16. The fourth-order valence-electron chi connectivity index (χ4n) is 2.24. The van der Waals surface area contributed by atoms with Crippen molar-refractivity contribution in [1.82, 2.24) is 0 Å². The Kier molecular flexibility index (Phi) is 6.25. The molecule has 0 spiro atoms. The Labute approximate surface area is 123 Å². The van der Waals surface area contributed by atoms with E-state index in [1.807, 2.05) is 13.8 Å². The number of hydrogen-bond acceptors (Lipinski definition) is 3. The van der Waals surface area contributed by atoms with E-state index in [0.29, 0.717) is 12.5 Å². The first-order chi connectivity index (χ1) is 9.25. The molecule has 1 atom stereocenters. The molecule has 0 heterocycles. The molecule has 0 radical (unpaired) electrons. The molecule has 0 aromatic heterocycles. The van der Waals surface area contributed by atoms with Gasteiger partial charge in [0, 0.05) is 0 Å². The van der Waals surface area contributed by atoms with E-state index in [-0.39, 0.29) is 18.0 Å². The van der Waals surface area contributed by atoms with Crippen molar-refractivity contribution < 1.29 is 14.3 Å². The minimum atomic E-state index is -0.449. The van der Waals surface area contributed by atoms with E-state index >= 15 is 0 Å². The van der Waals surface area contributed by atoms with E-state index in [0.717, 1.165) is 19.3 Å². The van der Waals surface area contributed by atoms with Crippen molar-refractivity contribution in [3.05, 3.63) is 11.6 Å². The predicted molar refractivity (Wildman–Crippen MR) is 81.5 cm³/mol. The molecule has 1 aliphatic carbocycles. The minimum absolute atomic E-state index is 0.0528. The molecule has 3 heteroatoms. The monoisotopic (exact) mass is 282 g/mol. The van der Waals surface area contributed by atoms with E-state index in [2.05, 4.69) is 33.8 Å². The second-order valence-corrected chi connectivity index (χ2v) is 6.74. The Bertz CT molecular complexity index is 351. The fraction of sp³-hybridized carbons (Fsp3) is 0.824. The van der Waals surface area contributed by atoms with Gasteiger partial charge in [0.05, 0.1) is 17.6 Å². The van der Waals surface area contributed by atoms with Gasteiger partial charge in [0.1, 0.15) is 6.61 Å². The highest BCUT2D eigenvalue weighted by Crippen LogP contribution is 2.30. The van der Waals surface area contributed by atoms with Crippen LogP contribution in [-0.4, -0.2) is 24.3 Å². The van der Waals surface area contributed by atoms with Gasteiger partial charge in [0.15, 0.2) is 0 Å². The first-order valence-corrected chi connectivity index (χ1v) is 7.80. The molecule has 0 saturated heterocycles. The summed E-state index contributed by atoms with van der Waals surface area (Å²) >= 11 is 0. The van der Waals surface area contributed by atoms with Gasteiger partial charge in [-0.1, -0.05) is 26.8 Å². The third kappa shape index (κ3) is 6.08. The van der Waals surface area contributed by atoms with Crippen LogP contribution in [0.3, 0.4) is 0 Å². The van der Waals surface area contributed by atoms with Crippen LogP contribution in [-0.2, 0) is 14.3 Å². The number of carbonyl (C=O) groups excluding carboxylic acids is 1. The van der Waals surface area contributed by atoms with Crippen molar-refractivity contribution in [2.45, 2.75) is 72.5 Å². The van der Waals surface area contributed by atoms with E-state index < -0.39 is 5.60 Å². The second kappa shape index (κ2) is 7.26. The number of ether oxygens (including phenoxy) is 2. The molecule has 0 N–H and O–H groups in total. The molecule has 0 bridgehead atoms. The third-order valence-electron chi connectivity index (χ3n) is 3.45. The third-order valence-corrected chi connectivity index (χ3v) is 3.45. The zero-order valence-electron chi connectivity index (χ0n) is 13.9. The lowest BCUT2D eigenvalue weighted by Gasteiger charge is -2.30. The molecule has 0 aromatic carbocycles. The molecule has 1 unspecified atom stereocenters. The van der Waals surface area contributed by atoms with Crippen LogP contribution >= 0.6 is 0 Å². The zero-order valence-corrected chi connectivity index (χ0v) is 13.9. The van der Waals surface area contributed by atoms with Crippen molar-refractivity contribution in [3.8, 4) is 0 Å². The van der Waals surface area contributed by atoms with Crippen molar-refractivity contribution in [2.24, 2.45) is 11.8 Å². The lowest BCUT2D eigenvalue weighted by atomic mass is 10.0. The van der Waals surface area contributed by atoms with Crippen LogP contribution in [0.15, 0.2) is 11.6 Å². The maximum atomic E-state index is 11.6. The predicted octanol–water partition coefficient (Wildman–Crippen LogP) is 4.12. The van der Waals surface area contributed by atoms with Crippen LogP contribution in [0.1, 0.15) is 60.8 Å². The normalized spacial score (nSPS) is 18.2.